The highest BCUT2D eigenvalue weighted by Gasteiger charge is 2.18. The van der Waals surface area contributed by atoms with Gasteiger partial charge in [-0.05, 0) is 13.0 Å². The Kier molecular flexibility index (Phi) is 8.78. The highest BCUT2D eigenvalue weighted by atomic mass is 16.8. The number of rotatable bonds is 9. The second-order valence-electron chi connectivity index (χ2n) is 4.58. The predicted octanol–water partition coefficient (Wildman–Crippen LogP) is 1.80. The molecule has 0 heterocycles. The summed E-state index contributed by atoms with van der Waals surface area (Å²) in [6, 6.07) is 0. The Bertz CT molecular complexity index is 504. The number of nitrogens with zero attached hydrogens (tertiary/aromatic N) is 1. The molecule has 0 saturated heterocycles. The van der Waals surface area contributed by atoms with Crippen LogP contribution in [0.3, 0.4) is 0 Å². The third-order valence-corrected chi connectivity index (χ3v) is 2.84. The predicted molar refractivity (Wildman–Crippen MR) is 87.0 cm³/mol. The summed E-state index contributed by atoms with van der Waals surface area (Å²) >= 11 is 0. The first kappa shape index (κ1) is 19.9. The maximum absolute atomic E-state index is 12.4. The van der Waals surface area contributed by atoms with Crippen LogP contribution in [0.5, 0.6) is 0 Å². The topological polar surface area (TPSA) is 80.1 Å². The first-order valence-electron chi connectivity index (χ1n) is 6.68. The van der Waals surface area contributed by atoms with Gasteiger partial charge in [0.15, 0.2) is 0 Å². The number of amides is 1. The molecule has 0 spiro atoms. The van der Waals surface area contributed by atoms with E-state index in [4.69, 9.17) is 4.74 Å². The van der Waals surface area contributed by atoms with Gasteiger partial charge in [0.1, 0.15) is 5.70 Å². The fourth-order valence-electron chi connectivity index (χ4n) is 1.55. The lowest BCUT2D eigenvalue weighted by Crippen LogP contribution is -2.99. The maximum atomic E-state index is 12.4. The van der Waals surface area contributed by atoms with E-state index in [1.54, 1.807) is 19.1 Å². The zero-order chi connectivity index (χ0) is 17.3. The van der Waals surface area contributed by atoms with Crippen LogP contribution in [0, 0.1) is 10.4 Å². The van der Waals surface area contributed by atoms with Crippen LogP contribution in [-0.4, -0.2) is 24.5 Å². The number of ether oxygens (including phenoxy) is 1. The molecule has 0 atom stereocenters. The molecule has 1 amide bonds. The van der Waals surface area contributed by atoms with Gasteiger partial charge in [-0.25, -0.2) is 0 Å². The van der Waals surface area contributed by atoms with Crippen molar-refractivity contribution in [2.75, 3.05) is 13.7 Å². The van der Waals surface area contributed by atoms with E-state index >= 15 is 0 Å². The summed E-state index contributed by atoms with van der Waals surface area (Å²) in [6.07, 6.45) is 5.03. The molecule has 0 aromatic rings. The van der Waals surface area contributed by atoms with Crippen LogP contribution in [0.2, 0.25) is 0 Å². The van der Waals surface area contributed by atoms with E-state index in [1.165, 1.54) is 25.0 Å². The minimum Gasteiger partial charge on any atom is -0.628 e. The molecule has 0 aromatic heterocycles. The summed E-state index contributed by atoms with van der Waals surface area (Å²) < 4.78 is 4.98. The van der Waals surface area contributed by atoms with E-state index in [9.17, 15) is 15.2 Å². The van der Waals surface area contributed by atoms with Crippen molar-refractivity contribution < 1.29 is 14.8 Å². The quantitative estimate of drug-likeness (QED) is 0.305. The number of hydroxylamine groups is 2. The summed E-state index contributed by atoms with van der Waals surface area (Å²) in [4.78, 5) is 13.8. The van der Waals surface area contributed by atoms with Crippen LogP contribution in [0.4, 0.5) is 0 Å². The SMILES string of the molecule is C=C(CCN(C(=C)/C=C\C)C(=O)C(=C)/C=C(\C)[NH+]([O-])[O-])OC. The Labute approximate surface area is 131 Å². The molecular weight excluding hydrogens is 284 g/mol. The van der Waals surface area contributed by atoms with Crippen molar-refractivity contribution in [2.24, 2.45) is 0 Å². The molecule has 0 aliphatic heterocycles. The van der Waals surface area contributed by atoms with Gasteiger partial charge in [-0.15, -0.1) is 0 Å². The number of quaternary nitrogens is 1. The van der Waals surface area contributed by atoms with Crippen LogP contribution >= 0.6 is 0 Å². The van der Waals surface area contributed by atoms with Crippen molar-refractivity contribution in [2.45, 2.75) is 20.3 Å². The standard InChI is InChI=1S/C16H23N2O4/c1-7-8-13(3)17(10-9-15(5)22-6)16(19)12(2)11-14(4)18(20)21/h7-8,11,18H,2-3,5,9-10H2,1,4,6H3/q-1/b8-7-,14-11+. The van der Waals surface area contributed by atoms with Crippen molar-refractivity contribution in [3.8, 4) is 0 Å². The third-order valence-electron chi connectivity index (χ3n) is 2.84. The van der Waals surface area contributed by atoms with Crippen LogP contribution in [-0.2, 0) is 9.53 Å². The van der Waals surface area contributed by atoms with Crippen LogP contribution in [0.1, 0.15) is 20.3 Å². The van der Waals surface area contributed by atoms with Gasteiger partial charge < -0.3 is 25.3 Å². The lowest BCUT2D eigenvalue weighted by atomic mass is 10.2. The highest BCUT2D eigenvalue weighted by molar-refractivity contribution is 5.96. The summed E-state index contributed by atoms with van der Waals surface area (Å²) in [6.45, 7) is 14.6. The Morgan fingerprint density at radius 3 is 2.36 bits per heavy atom. The summed E-state index contributed by atoms with van der Waals surface area (Å²) in [7, 11) is 1.50. The smallest absolute Gasteiger partial charge is 0.257 e. The van der Waals surface area contributed by atoms with Gasteiger partial charge in [-0.1, -0.05) is 25.8 Å². The molecule has 0 saturated carbocycles. The first-order chi connectivity index (χ1) is 10.2. The van der Waals surface area contributed by atoms with Gasteiger partial charge >= 0.3 is 0 Å². The molecule has 122 valence electrons. The maximum Gasteiger partial charge on any atom is 0.257 e. The Hall–Kier alpha value is -2.15. The van der Waals surface area contributed by atoms with E-state index < -0.39 is 11.1 Å². The Morgan fingerprint density at radius 1 is 1.32 bits per heavy atom. The fraction of sp³-hybridized carbons (Fsp3) is 0.312. The molecule has 1 N–H and O–H groups in total. The number of carbonyl (C=O) groups excluding carboxylic acids is 1. The average Bonchev–Trinajstić information content (AvgIpc) is 2.46. The van der Waals surface area contributed by atoms with Gasteiger partial charge in [-0.2, -0.15) is 0 Å². The van der Waals surface area contributed by atoms with Crippen molar-refractivity contribution in [1.82, 2.24) is 4.90 Å². The largest absolute Gasteiger partial charge is 0.628 e. The molecule has 0 radical (unpaired) electrons. The molecule has 0 unspecified atom stereocenters. The number of hydrogen-bond acceptors (Lipinski definition) is 4. The van der Waals surface area contributed by atoms with E-state index in [0.717, 1.165) is 0 Å². The monoisotopic (exact) mass is 307 g/mol. The molecule has 22 heavy (non-hydrogen) atoms. The van der Waals surface area contributed by atoms with Crippen LogP contribution in [0.15, 0.2) is 60.7 Å². The van der Waals surface area contributed by atoms with Gasteiger partial charge in [0, 0.05) is 37.2 Å². The lowest BCUT2D eigenvalue weighted by Gasteiger charge is -2.26. The van der Waals surface area contributed by atoms with Crippen LogP contribution in [0.25, 0.3) is 0 Å². The number of nitrogens with one attached hydrogen (secondary N) is 1. The highest BCUT2D eigenvalue weighted by Crippen LogP contribution is 2.13. The lowest BCUT2D eigenvalue weighted by molar-refractivity contribution is -0.747. The third kappa shape index (κ3) is 6.53. The van der Waals surface area contributed by atoms with Gasteiger partial charge in [0.2, 0.25) is 0 Å². The normalized spacial score (nSPS) is 11.6. The van der Waals surface area contributed by atoms with Crippen molar-refractivity contribution in [3.05, 3.63) is 71.1 Å². The molecule has 0 aromatic carbocycles. The summed E-state index contributed by atoms with van der Waals surface area (Å²) in [5, 5.41) is 20.1. The van der Waals surface area contributed by atoms with E-state index in [-0.39, 0.29) is 11.3 Å². The van der Waals surface area contributed by atoms with E-state index in [2.05, 4.69) is 19.7 Å². The van der Waals surface area contributed by atoms with Crippen molar-refractivity contribution in [3.63, 3.8) is 0 Å². The Balaban J connectivity index is 5.19. The number of carbonyl (C=O) groups is 1. The summed E-state index contributed by atoms with van der Waals surface area (Å²) in [5.74, 6) is 0.0887. The molecule has 0 rings (SSSR count). The number of allylic oxidation sites excluding steroid dienone is 3. The first-order valence-corrected chi connectivity index (χ1v) is 6.68. The second kappa shape index (κ2) is 9.73. The van der Waals surface area contributed by atoms with Crippen molar-refractivity contribution in [1.29, 1.82) is 0 Å². The van der Waals surface area contributed by atoms with Gasteiger partial charge in [-0.3, -0.25) is 4.79 Å². The van der Waals surface area contributed by atoms with E-state index in [0.29, 0.717) is 24.4 Å². The molecule has 0 aliphatic rings. The molecule has 0 fully saturated rings. The molecule has 6 heteroatoms. The Morgan fingerprint density at radius 2 is 1.91 bits per heavy atom. The molecule has 0 bridgehead atoms. The van der Waals surface area contributed by atoms with Gasteiger partial charge in [0.25, 0.3) is 5.91 Å². The molecule has 6 nitrogen and oxygen atoms in total. The minimum absolute atomic E-state index is 0.0374. The zero-order valence-electron chi connectivity index (χ0n) is 13.3. The second-order valence-corrected chi connectivity index (χ2v) is 4.58. The minimum atomic E-state index is -1.35. The molecule has 0 aliphatic carbocycles. The average molecular weight is 307 g/mol. The summed E-state index contributed by atoms with van der Waals surface area (Å²) in [5.41, 5.74) is 0.434. The number of hydrogen-bond donors (Lipinski definition) is 1. The van der Waals surface area contributed by atoms with Crippen molar-refractivity contribution >= 4 is 5.91 Å². The fourth-order valence-corrected chi connectivity index (χ4v) is 1.55. The molecular formula is C16H23N2O4-. The zero-order valence-corrected chi connectivity index (χ0v) is 13.3. The van der Waals surface area contributed by atoms with E-state index in [1.807, 2.05) is 0 Å². The number of methoxy groups -OCH3 is 1. The van der Waals surface area contributed by atoms with Crippen LogP contribution < -0.4 is 5.23 Å². The van der Waals surface area contributed by atoms with Gasteiger partial charge in [0.05, 0.1) is 12.9 Å².